The number of H-pyrrole nitrogens is 1. The Kier molecular flexibility index (Phi) is 23.9. The van der Waals surface area contributed by atoms with Crippen LogP contribution in [0.25, 0.3) is 0 Å². The first kappa shape index (κ1) is 43.8. The van der Waals surface area contributed by atoms with Crippen molar-refractivity contribution < 1.29 is 42.9 Å². The van der Waals surface area contributed by atoms with E-state index in [1.54, 1.807) is 0 Å². The number of aliphatic hydroxyl groups is 1. The molecule has 1 aromatic rings. The lowest BCUT2D eigenvalue weighted by atomic mass is 10.0. The monoisotopic (exact) mass is 731 g/mol. The van der Waals surface area contributed by atoms with Crippen LogP contribution in [-0.2, 0) is 32.9 Å². The molecule has 2 unspecified atom stereocenters. The molecule has 15 heteroatoms. The molecule has 2 heterocycles. The van der Waals surface area contributed by atoms with Crippen LogP contribution in [0.5, 0.6) is 0 Å². The van der Waals surface area contributed by atoms with E-state index < -0.39 is 50.7 Å². The predicted molar refractivity (Wildman–Crippen MR) is 190 cm³/mol. The number of nitrogens with one attached hydrogen (secondary N) is 2. The number of carbonyl (C=O) groups excluding carboxylic acids is 2. The number of hydrogen-bond acceptors (Lipinski definition) is 10. The van der Waals surface area contributed by atoms with E-state index in [-0.39, 0.29) is 25.1 Å². The maximum Gasteiger partial charge on any atom is 0.330 e. The molecule has 0 radical (unpaired) electrons. The average Bonchev–Trinajstić information content (AvgIpc) is 3.42. The van der Waals surface area contributed by atoms with E-state index in [1.165, 1.54) is 83.2 Å². The molecular formula is C35H62N3O11P. The minimum Gasteiger partial charge on any atom is -0.456 e. The molecule has 2 rings (SSSR count). The second-order valence-electron chi connectivity index (χ2n) is 13.1. The summed E-state index contributed by atoms with van der Waals surface area (Å²) in [6.07, 6.45) is 19.0. The topological polar surface area (TPSA) is 195 Å². The van der Waals surface area contributed by atoms with E-state index in [9.17, 15) is 33.7 Å². The minimum atomic E-state index is -3.42. The molecule has 0 bridgehead atoms. The zero-order chi connectivity index (χ0) is 36.4. The first-order valence-electron chi connectivity index (χ1n) is 18.8. The predicted octanol–water partition coefficient (Wildman–Crippen LogP) is 5.06. The molecule has 0 aliphatic carbocycles. The van der Waals surface area contributed by atoms with Gasteiger partial charge in [-0.05, 0) is 19.3 Å². The average molecular weight is 732 g/mol. The molecule has 0 spiro atoms. The molecule has 1 saturated heterocycles. The highest BCUT2D eigenvalue weighted by Gasteiger charge is 2.48. The summed E-state index contributed by atoms with van der Waals surface area (Å²) >= 11 is 0. The van der Waals surface area contributed by atoms with Crippen molar-refractivity contribution in [3.63, 3.8) is 0 Å². The molecule has 0 aromatic carbocycles. The van der Waals surface area contributed by atoms with Gasteiger partial charge in [-0.3, -0.25) is 28.5 Å². The Morgan fingerprint density at radius 2 is 1.46 bits per heavy atom. The van der Waals surface area contributed by atoms with Gasteiger partial charge in [0.15, 0.2) is 12.8 Å². The van der Waals surface area contributed by atoms with E-state index in [0.717, 1.165) is 42.7 Å². The molecule has 14 nitrogen and oxygen atoms in total. The fourth-order valence-electron chi connectivity index (χ4n) is 6.08. The van der Waals surface area contributed by atoms with Gasteiger partial charge in [0.2, 0.25) is 0 Å². The number of unbranched alkanes of at least 4 members (excludes halogenated alkanes) is 17. The number of aromatic amines is 1. The van der Waals surface area contributed by atoms with E-state index in [4.69, 9.17) is 18.7 Å². The molecule has 1 fully saturated rings. The maximum absolute atomic E-state index is 12.3. The number of carbonyl (C=O) groups is 2. The molecule has 1 aliphatic heterocycles. The van der Waals surface area contributed by atoms with Gasteiger partial charge in [-0.25, -0.2) is 4.79 Å². The summed E-state index contributed by atoms with van der Waals surface area (Å²) in [6.45, 7) is 2.06. The highest BCUT2D eigenvalue weighted by molar-refractivity contribution is 7.32. The van der Waals surface area contributed by atoms with Gasteiger partial charge in [-0.2, -0.15) is 0 Å². The van der Waals surface area contributed by atoms with Gasteiger partial charge in [-0.1, -0.05) is 110 Å². The second kappa shape index (κ2) is 27.3. The number of hydrogen-bond donors (Lipinski definition) is 4. The SMILES string of the molecule is CCCCCCCCCCCCCCCCCC(=O)OCC(=O)NCCCCCCOC1[C@@H](O[PH](=O)O)[C@@H](CO)O[C@H]1n1ccc(=O)[nH]c1=O. The summed E-state index contributed by atoms with van der Waals surface area (Å²) in [5, 5.41) is 12.5. The Bertz CT molecular complexity index is 1210. The van der Waals surface area contributed by atoms with Crippen molar-refractivity contribution in [2.45, 2.75) is 160 Å². The summed E-state index contributed by atoms with van der Waals surface area (Å²) < 4.78 is 34.4. The van der Waals surface area contributed by atoms with Crippen LogP contribution in [0.3, 0.4) is 0 Å². The number of aliphatic hydroxyl groups excluding tert-OH is 1. The van der Waals surface area contributed by atoms with E-state index in [2.05, 4.69) is 17.2 Å². The number of amides is 1. The second-order valence-corrected chi connectivity index (χ2v) is 13.8. The number of esters is 1. The molecule has 1 aromatic heterocycles. The van der Waals surface area contributed by atoms with Crippen molar-refractivity contribution in [2.75, 3.05) is 26.4 Å². The molecule has 4 N–H and O–H groups in total. The van der Waals surface area contributed by atoms with Crippen molar-refractivity contribution in [3.05, 3.63) is 33.1 Å². The molecule has 5 atom stereocenters. The van der Waals surface area contributed by atoms with Crippen molar-refractivity contribution in [1.29, 1.82) is 0 Å². The normalized spacial score (nSPS) is 19.4. The number of ether oxygens (including phenoxy) is 3. The third-order valence-electron chi connectivity index (χ3n) is 8.88. The Hall–Kier alpha value is -2.35. The van der Waals surface area contributed by atoms with Gasteiger partial charge in [-0.15, -0.1) is 0 Å². The van der Waals surface area contributed by atoms with Crippen molar-refractivity contribution in [1.82, 2.24) is 14.9 Å². The first-order valence-corrected chi connectivity index (χ1v) is 20.0. The summed E-state index contributed by atoms with van der Waals surface area (Å²) in [5.41, 5.74) is -1.36. The Morgan fingerprint density at radius 3 is 2.04 bits per heavy atom. The van der Waals surface area contributed by atoms with E-state index in [0.29, 0.717) is 25.8 Å². The number of nitrogens with zero attached hydrogens (tertiary/aromatic N) is 1. The lowest BCUT2D eigenvalue weighted by molar-refractivity contribution is -0.148. The van der Waals surface area contributed by atoms with Crippen LogP contribution in [-0.4, -0.2) is 76.1 Å². The fourth-order valence-corrected chi connectivity index (χ4v) is 6.60. The summed E-state index contributed by atoms with van der Waals surface area (Å²) in [6, 6.07) is 1.13. The fraction of sp³-hybridized carbons (Fsp3) is 0.829. The Balaban J connectivity index is 1.48. The molecule has 288 valence electrons. The smallest absolute Gasteiger partial charge is 0.330 e. The van der Waals surface area contributed by atoms with Gasteiger partial charge in [0, 0.05) is 31.8 Å². The Morgan fingerprint density at radius 1 is 0.880 bits per heavy atom. The van der Waals surface area contributed by atoms with Crippen LogP contribution in [0, 0.1) is 0 Å². The molecular weight excluding hydrogens is 669 g/mol. The van der Waals surface area contributed by atoms with Crippen LogP contribution >= 0.6 is 8.25 Å². The van der Waals surface area contributed by atoms with Crippen LogP contribution in [0.15, 0.2) is 21.9 Å². The standard InChI is InChI=1S/C35H62N3O11P/c1-2-3-4-5-6-7-8-9-10-11-12-13-14-15-18-21-31(42)47-27-30(41)36-23-19-16-17-20-25-46-33-32(49-50(44)45)28(26-39)48-34(33)38-24-22-29(40)37-35(38)43/h22,24,28,32-34,39,50H,2-21,23,25-27H2,1H3,(H,36,41)(H,44,45)(H,37,40,43)/t28-,32+,33?,34-/m1/s1. The van der Waals surface area contributed by atoms with E-state index >= 15 is 0 Å². The molecule has 0 saturated carbocycles. The molecule has 1 aliphatic rings. The highest BCUT2D eigenvalue weighted by Crippen LogP contribution is 2.37. The van der Waals surface area contributed by atoms with Crippen LogP contribution < -0.4 is 16.6 Å². The third kappa shape index (κ3) is 18.8. The van der Waals surface area contributed by atoms with E-state index in [1.807, 2.05) is 0 Å². The quantitative estimate of drug-likeness (QED) is 0.0469. The minimum absolute atomic E-state index is 0.203. The third-order valence-corrected chi connectivity index (χ3v) is 9.35. The number of aromatic nitrogens is 2. The zero-order valence-corrected chi connectivity index (χ0v) is 31.0. The molecule has 50 heavy (non-hydrogen) atoms. The van der Waals surface area contributed by atoms with Gasteiger partial charge >= 0.3 is 19.9 Å². The van der Waals surface area contributed by atoms with Crippen LogP contribution in [0.4, 0.5) is 0 Å². The van der Waals surface area contributed by atoms with Gasteiger partial charge < -0.3 is 34.1 Å². The van der Waals surface area contributed by atoms with Crippen molar-refractivity contribution in [3.8, 4) is 0 Å². The lowest BCUT2D eigenvalue weighted by Crippen LogP contribution is -2.40. The summed E-state index contributed by atoms with van der Waals surface area (Å²) in [7, 11) is -3.42. The Labute approximate surface area is 297 Å². The number of rotatable bonds is 30. The van der Waals surface area contributed by atoms with Crippen LogP contribution in [0.1, 0.15) is 142 Å². The maximum atomic E-state index is 12.3. The van der Waals surface area contributed by atoms with Gasteiger partial charge in [0.05, 0.1) is 6.61 Å². The largest absolute Gasteiger partial charge is 0.456 e. The van der Waals surface area contributed by atoms with Gasteiger partial charge in [0.1, 0.15) is 18.3 Å². The zero-order valence-electron chi connectivity index (χ0n) is 30.0. The lowest BCUT2D eigenvalue weighted by Gasteiger charge is -2.24. The summed E-state index contributed by atoms with van der Waals surface area (Å²) in [4.78, 5) is 59.4. The highest BCUT2D eigenvalue weighted by atomic mass is 31.1. The summed E-state index contributed by atoms with van der Waals surface area (Å²) in [5.74, 6) is -0.685. The van der Waals surface area contributed by atoms with Crippen LogP contribution in [0.2, 0.25) is 0 Å². The van der Waals surface area contributed by atoms with Gasteiger partial charge in [0.25, 0.3) is 11.5 Å². The molecule has 1 amide bonds. The first-order chi connectivity index (χ1) is 24.3. The van der Waals surface area contributed by atoms with Crippen molar-refractivity contribution >= 4 is 20.1 Å². The van der Waals surface area contributed by atoms with Crippen molar-refractivity contribution in [2.24, 2.45) is 0 Å².